The van der Waals surface area contributed by atoms with Gasteiger partial charge in [0.05, 0.1) is 6.04 Å². The summed E-state index contributed by atoms with van der Waals surface area (Å²) in [6, 6.07) is 10.7. The van der Waals surface area contributed by atoms with Gasteiger partial charge in [-0.3, -0.25) is 0 Å². The molecular formula is C18H28N2O. The lowest BCUT2D eigenvalue weighted by Gasteiger charge is -2.26. The second-order valence-electron chi connectivity index (χ2n) is 5.60. The molecule has 1 atom stereocenters. The molecule has 21 heavy (non-hydrogen) atoms. The number of hydrogen-bond acceptors (Lipinski definition) is 3. The van der Waals surface area contributed by atoms with E-state index in [1.165, 1.54) is 18.2 Å². The number of likely N-dealkylation sites (N-methyl/N-ethyl adjacent to an activating group) is 1. The highest BCUT2D eigenvalue weighted by molar-refractivity contribution is 5.77. The van der Waals surface area contributed by atoms with Crippen molar-refractivity contribution in [3.8, 4) is 0 Å². The molecule has 3 nitrogen and oxygen atoms in total. The fraction of sp³-hybridized carbons (Fsp3) is 0.556. The third-order valence-corrected chi connectivity index (χ3v) is 3.76. The van der Waals surface area contributed by atoms with E-state index in [0.717, 1.165) is 37.5 Å². The lowest BCUT2D eigenvalue weighted by molar-refractivity contribution is 0.232. The molecule has 116 valence electrons. The SMILES string of the molecule is CCCN(CCC)CC(NCC)c1cc2ccccc2o1. The fourth-order valence-electron chi connectivity index (χ4n) is 2.86. The molecule has 0 saturated heterocycles. The van der Waals surface area contributed by atoms with Crippen LogP contribution in [0.4, 0.5) is 0 Å². The molecule has 1 aromatic carbocycles. The largest absolute Gasteiger partial charge is 0.459 e. The zero-order valence-corrected chi connectivity index (χ0v) is 13.6. The van der Waals surface area contributed by atoms with Crippen molar-refractivity contribution in [2.45, 2.75) is 39.7 Å². The van der Waals surface area contributed by atoms with Crippen molar-refractivity contribution in [1.82, 2.24) is 10.2 Å². The number of benzene rings is 1. The zero-order valence-electron chi connectivity index (χ0n) is 13.6. The topological polar surface area (TPSA) is 28.4 Å². The minimum Gasteiger partial charge on any atom is -0.459 e. The molecule has 0 bridgehead atoms. The lowest BCUT2D eigenvalue weighted by Crippen LogP contribution is -2.36. The molecule has 0 amide bonds. The summed E-state index contributed by atoms with van der Waals surface area (Å²) in [6.07, 6.45) is 2.39. The summed E-state index contributed by atoms with van der Waals surface area (Å²) in [6.45, 7) is 10.9. The van der Waals surface area contributed by atoms with Crippen LogP contribution in [0.5, 0.6) is 0 Å². The molecule has 1 heterocycles. The van der Waals surface area contributed by atoms with Crippen LogP contribution in [0.2, 0.25) is 0 Å². The Labute approximate surface area is 128 Å². The predicted octanol–water partition coefficient (Wildman–Crippen LogP) is 4.21. The molecule has 2 aromatic rings. The van der Waals surface area contributed by atoms with Gasteiger partial charge in [-0.05, 0) is 44.6 Å². The van der Waals surface area contributed by atoms with E-state index in [0.29, 0.717) is 0 Å². The Morgan fingerprint density at radius 3 is 2.43 bits per heavy atom. The average molecular weight is 288 g/mol. The molecule has 0 aliphatic heterocycles. The molecule has 3 heteroatoms. The highest BCUT2D eigenvalue weighted by Crippen LogP contribution is 2.24. The summed E-state index contributed by atoms with van der Waals surface area (Å²) >= 11 is 0. The van der Waals surface area contributed by atoms with Crippen LogP contribution < -0.4 is 5.32 Å². The van der Waals surface area contributed by atoms with Gasteiger partial charge in [0.2, 0.25) is 0 Å². The van der Waals surface area contributed by atoms with Gasteiger partial charge in [0.25, 0.3) is 0 Å². The first-order valence-corrected chi connectivity index (χ1v) is 8.22. The number of nitrogens with one attached hydrogen (secondary N) is 1. The van der Waals surface area contributed by atoms with Crippen molar-refractivity contribution in [2.24, 2.45) is 0 Å². The van der Waals surface area contributed by atoms with Gasteiger partial charge in [0, 0.05) is 11.9 Å². The molecule has 0 radical (unpaired) electrons. The van der Waals surface area contributed by atoms with Crippen molar-refractivity contribution in [3.05, 3.63) is 36.1 Å². The van der Waals surface area contributed by atoms with Crippen LogP contribution in [0, 0.1) is 0 Å². The predicted molar refractivity (Wildman–Crippen MR) is 89.7 cm³/mol. The van der Waals surface area contributed by atoms with Gasteiger partial charge in [-0.1, -0.05) is 39.0 Å². The van der Waals surface area contributed by atoms with Crippen LogP contribution in [-0.2, 0) is 0 Å². The standard InChI is InChI=1S/C18H28N2O/c1-4-11-20(12-5-2)14-16(19-6-3)18-13-15-9-7-8-10-17(15)21-18/h7-10,13,16,19H,4-6,11-12,14H2,1-3H3. The molecular weight excluding hydrogens is 260 g/mol. The first-order chi connectivity index (χ1) is 10.3. The van der Waals surface area contributed by atoms with Crippen LogP contribution >= 0.6 is 0 Å². The number of nitrogens with zero attached hydrogens (tertiary/aromatic N) is 1. The van der Waals surface area contributed by atoms with Gasteiger partial charge in [-0.15, -0.1) is 0 Å². The Bertz CT molecular complexity index is 496. The molecule has 0 fully saturated rings. The van der Waals surface area contributed by atoms with Gasteiger partial charge < -0.3 is 14.6 Å². The molecule has 0 saturated carbocycles. The van der Waals surface area contributed by atoms with E-state index in [2.05, 4.69) is 49.2 Å². The van der Waals surface area contributed by atoms with Gasteiger partial charge >= 0.3 is 0 Å². The first kappa shape index (κ1) is 16.1. The first-order valence-electron chi connectivity index (χ1n) is 8.22. The van der Waals surface area contributed by atoms with E-state index < -0.39 is 0 Å². The van der Waals surface area contributed by atoms with Gasteiger partial charge in [-0.2, -0.15) is 0 Å². The minimum atomic E-state index is 0.264. The summed E-state index contributed by atoms with van der Waals surface area (Å²) in [5, 5.41) is 4.76. The van der Waals surface area contributed by atoms with Crippen LogP contribution in [-0.4, -0.2) is 31.1 Å². The molecule has 1 N–H and O–H groups in total. The quantitative estimate of drug-likeness (QED) is 0.749. The molecule has 0 aliphatic rings. The van der Waals surface area contributed by atoms with E-state index in [9.17, 15) is 0 Å². The minimum absolute atomic E-state index is 0.264. The second kappa shape index (κ2) is 8.20. The number of para-hydroxylation sites is 1. The third kappa shape index (κ3) is 4.32. The maximum Gasteiger partial charge on any atom is 0.134 e. The van der Waals surface area contributed by atoms with Crippen LogP contribution in [0.25, 0.3) is 11.0 Å². The second-order valence-corrected chi connectivity index (χ2v) is 5.60. The average Bonchev–Trinajstić information content (AvgIpc) is 2.91. The Morgan fingerprint density at radius 2 is 1.81 bits per heavy atom. The maximum atomic E-state index is 6.05. The monoisotopic (exact) mass is 288 g/mol. The smallest absolute Gasteiger partial charge is 0.134 e. The number of furan rings is 1. The van der Waals surface area contributed by atoms with Crippen molar-refractivity contribution in [3.63, 3.8) is 0 Å². The summed E-state index contributed by atoms with van der Waals surface area (Å²) in [5.74, 6) is 1.05. The Kier molecular flexibility index (Phi) is 6.27. The van der Waals surface area contributed by atoms with Gasteiger partial charge in [0.1, 0.15) is 11.3 Å². The Morgan fingerprint density at radius 1 is 1.10 bits per heavy atom. The van der Waals surface area contributed by atoms with Gasteiger partial charge in [-0.25, -0.2) is 0 Å². The molecule has 1 unspecified atom stereocenters. The van der Waals surface area contributed by atoms with Crippen molar-refractivity contribution in [2.75, 3.05) is 26.2 Å². The normalized spacial score (nSPS) is 13.1. The molecule has 0 aliphatic carbocycles. The fourth-order valence-corrected chi connectivity index (χ4v) is 2.86. The van der Waals surface area contributed by atoms with Crippen LogP contribution in [0.3, 0.4) is 0 Å². The third-order valence-electron chi connectivity index (χ3n) is 3.76. The lowest BCUT2D eigenvalue weighted by atomic mass is 10.1. The van der Waals surface area contributed by atoms with Gasteiger partial charge in [0.15, 0.2) is 0 Å². The maximum absolute atomic E-state index is 6.05. The number of fused-ring (bicyclic) bond motifs is 1. The Balaban J connectivity index is 2.16. The molecule has 1 aromatic heterocycles. The van der Waals surface area contributed by atoms with Crippen molar-refractivity contribution >= 4 is 11.0 Å². The van der Waals surface area contributed by atoms with Crippen LogP contribution in [0.15, 0.2) is 34.7 Å². The summed E-state index contributed by atoms with van der Waals surface area (Å²) in [7, 11) is 0. The van der Waals surface area contributed by atoms with E-state index >= 15 is 0 Å². The van der Waals surface area contributed by atoms with Crippen LogP contribution in [0.1, 0.15) is 45.4 Å². The highest BCUT2D eigenvalue weighted by atomic mass is 16.3. The summed E-state index contributed by atoms with van der Waals surface area (Å²) in [5.41, 5.74) is 0.980. The molecule has 2 rings (SSSR count). The van der Waals surface area contributed by atoms with E-state index in [-0.39, 0.29) is 6.04 Å². The van der Waals surface area contributed by atoms with E-state index in [1.807, 2.05) is 12.1 Å². The van der Waals surface area contributed by atoms with E-state index in [1.54, 1.807) is 0 Å². The number of hydrogen-bond donors (Lipinski definition) is 1. The highest BCUT2D eigenvalue weighted by Gasteiger charge is 2.18. The molecule has 0 spiro atoms. The number of rotatable bonds is 9. The van der Waals surface area contributed by atoms with E-state index in [4.69, 9.17) is 4.42 Å². The van der Waals surface area contributed by atoms with Crippen molar-refractivity contribution < 1.29 is 4.42 Å². The summed E-state index contributed by atoms with van der Waals surface area (Å²) in [4.78, 5) is 2.53. The zero-order chi connectivity index (χ0) is 15.1. The summed E-state index contributed by atoms with van der Waals surface area (Å²) < 4.78 is 6.05. The Hall–Kier alpha value is -1.32. The van der Waals surface area contributed by atoms with Crippen molar-refractivity contribution in [1.29, 1.82) is 0 Å².